The summed E-state index contributed by atoms with van der Waals surface area (Å²) in [7, 11) is 1.43. The van der Waals surface area contributed by atoms with Gasteiger partial charge in [0, 0.05) is 35.0 Å². The third kappa shape index (κ3) is 2.74. The van der Waals surface area contributed by atoms with Gasteiger partial charge in [0.15, 0.2) is 11.5 Å². The van der Waals surface area contributed by atoms with E-state index in [2.05, 4.69) is 13.8 Å². The molecular formula is C20H26O5. The first-order valence-corrected chi connectivity index (χ1v) is 8.94. The molecular weight excluding hydrogens is 320 g/mol. The van der Waals surface area contributed by atoms with Gasteiger partial charge in [-0.3, -0.25) is 14.4 Å². The number of hydrogen-bond acceptors (Lipinski definition) is 5. The van der Waals surface area contributed by atoms with Crippen LogP contribution in [0.2, 0.25) is 0 Å². The zero-order valence-corrected chi connectivity index (χ0v) is 15.4. The molecule has 5 nitrogen and oxygen atoms in total. The van der Waals surface area contributed by atoms with Gasteiger partial charge in [0.25, 0.3) is 0 Å². The molecule has 0 saturated heterocycles. The Kier molecular flexibility index (Phi) is 4.38. The Morgan fingerprint density at radius 1 is 1.28 bits per heavy atom. The van der Waals surface area contributed by atoms with Crippen molar-refractivity contribution in [3.05, 3.63) is 23.0 Å². The van der Waals surface area contributed by atoms with Gasteiger partial charge in [-0.1, -0.05) is 20.3 Å². The first-order valence-electron chi connectivity index (χ1n) is 8.94. The van der Waals surface area contributed by atoms with Gasteiger partial charge in [0.2, 0.25) is 5.78 Å². The lowest BCUT2D eigenvalue weighted by atomic mass is 9.48. The van der Waals surface area contributed by atoms with Gasteiger partial charge in [0.1, 0.15) is 0 Å². The minimum absolute atomic E-state index is 0.0987. The van der Waals surface area contributed by atoms with Crippen LogP contribution in [-0.2, 0) is 23.9 Å². The molecule has 0 spiro atoms. The highest BCUT2D eigenvalue weighted by Gasteiger charge is 2.56. The second-order valence-electron chi connectivity index (χ2n) is 8.06. The summed E-state index contributed by atoms with van der Waals surface area (Å²) in [5.41, 5.74) is 0.726. The van der Waals surface area contributed by atoms with Crippen LogP contribution in [0, 0.1) is 16.7 Å². The number of esters is 1. The van der Waals surface area contributed by atoms with Crippen molar-refractivity contribution in [1.82, 2.24) is 0 Å². The third-order valence-electron chi connectivity index (χ3n) is 6.45. The van der Waals surface area contributed by atoms with Crippen LogP contribution in [0.15, 0.2) is 23.0 Å². The van der Waals surface area contributed by atoms with E-state index in [1.807, 2.05) is 0 Å². The Hall–Kier alpha value is -1.91. The quantitative estimate of drug-likeness (QED) is 0.580. The average molecular weight is 346 g/mol. The van der Waals surface area contributed by atoms with Gasteiger partial charge < -0.3 is 9.47 Å². The summed E-state index contributed by atoms with van der Waals surface area (Å²) in [4.78, 5) is 36.8. The number of allylic oxidation sites excluding steroid dienone is 3. The zero-order chi connectivity index (χ0) is 18.4. The molecule has 0 aromatic heterocycles. The summed E-state index contributed by atoms with van der Waals surface area (Å²) in [6, 6.07) is 0. The lowest BCUT2D eigenvalue weighted by Gasteiger charge is -2.55. The molecule has 0 radical (unpaired) electrons. The molecule has 1 fully saturated rings. The minimum atomic E-state index is -0.383. The maximum absolute atomic E-state index is 13.0. The maximum Gasteiger partial charge on any atom is 0.302 e. The van der Waals surface area contributed by atoms with Gasteiger partial charge >= 0.3 is 5.97 Å². The molecule has 0 bridgehead atoms. The zero-order valence-electron chi connectivity index (χ0n) is 15.4. The number of methoxy groups -OCH3 is 1. The standard InChI is InChI=1S/C20H26O5/c1-12(21)25-11-19(2)8-5-9-20(3)16(19)7-6-13-14(22)10-15(24-4)18(23)17(13)20/h10,16H,5-9,11H2,1-4H3. The number of ketones is 2. The van der Waals surface area contributed by atoms with Crippen LogP contribution in [0.1, 0.15) is 52.9 Å². The molecule has 25 heavy (non-hydrogen) atoms. The average Bonchev–Trinajstić information content (AvgIpc) is 2.55. The van der Waals surface area contributed by atoms with Crippen LogP contribution in [0.3, 0.4) is 0 Å². The van der Waals surface area contributed by atoms with Crippen LogP contribution in [0.5, 0.6) is 0 Å². The Morgan fingerprint density at radius 3 is 2.64 bits per heavy atom. The van der Waals surface area contributed by atoms with Crippen LogP contribution < -0.4 is 0 Å². The Bertz CT molecular complexity index is 701. The fourth-order valence-corrected chi connectivity index (χ4v) is 5.33. The summed E-state index contributed by atoms with van der Waals surface area (Å²) in [6.07, 6.45) is 5.52. The molecule has 136 valence electrons. The third-order valence-corrected chi connectivity index (χ3v) is 6.45. The van der Waals surface area contributed by atoms with Crippen molar-refractivity contribution in [2.24, 2.45) is 16.7 Å². The predicted octanol–water partition coefficient (Wildman–Crippen LogP) is 3.13. The molecule has 3 aliphatic rings. The van der Waals surface area contributed by atoms with E-state index in [1.165, 1.54) is 20.1 Å². The van der Waals surface area contributed by atoms with Crippen molar-refractivity contribution in [3.63, 3.8) is 0 Å². The van der Waals surface area contributed by atoms with E-state index in [1.54, 1.807) is 0 Å². The van der Waals surface area contributed by atoms with Gasteiger partial charge in [-0.15, -0.1) is 0 Å². The van der Waals surface area contributed by atoms with Crippen LogP contribution in [0.25, 0.3) is 0 Å². The van der Waals surface area contributed by atoms with Crippen LogP contribution >= 0.6 is 0 Å². The Labute approximate surface area is 148 Å². The lowest BCUT2D eigenvalue weighted by Crippen LogP contribution is -2.51. The van der Waals surface area contributed by atoms with Crippen molar-refractivity contribution in [2.75, 3.05) is 13.7 Å². The van der Waals surface area contributed by atoms with E-state index in [4.69, 9.17) is 9.47 Å². The number of ether oxygens (including phenoxy) is 2. The van der Waals surface area contributed by atoms with E-state index >= 15 is 0 Å². The number of fused-ring (bicyclic) bond motifs is 2. The SMILES string of the molecule is COC1=CC(=O)C2=C(C1=O)C1(C)CCCC(C)(COC(C)=O)C1CC2. The van der Waals surface area contributed by atoms with Gasteiger partial charge in [-0.25, -0.2) is 0 Å². The molecule has 0 heterocycles. The van der Waals surface area contributed by atoms with Crippen molar-refractivity contribution in [2.45, 2.75) is 52.9 Å². The largest absolute Gasteiger partial charge is 0.493 e. The molecule has 3 rings (SSSR count). The monoisotopic (exact) mass is 346 g/mol. The topological polar surface area (TPSA) is 69.7 Å². The number of carbonyl (C=O) groups excluding carboxylic acids is 3. The maximum atomic E-state index is 13.0. The fourth-order valence-electron chi connectivity index (χ4n) is 5.33. The first kappa shape index (κ1) is 17.9. The molecule has 3 unspecified atom stereocenters. The van der Waals surface area contributed by atoms with Crippen LogP contribution in [-0.4, -0.2) is 31.3 Å². The van der Waals surface area contributed by atoms with E-state index in [0.29, 0.717) is 24.2 Å². The van der Waals surface area contributed by atoms with E-state index < -0.39 is 0 Å². The smallest absolute Gasteiger partial charge is 0.302 e. The second kappa shape index (κ2) is 6.11. The van der Waals surface area contributed by atoms with Gasteiger partial charge in [-0.2, -0.15) is 0 Å². The first-order chi connectivity index (χ1) is 11.7. The summed E-state index contributed by atoms with van der Waals surface area (Å²) in [6.45, 7) is 6.03. The van der Waals surface area contributed by atoms with E-state index in [-0.39, 0.29) is 40.0 Å². The van der Waals surface area contributed by atoms with Gasteiger partial charge in [-0.05, 0) is 31.6 Å². The van der Waals surface area contributed by atoms with E-state index in [0.717, 1.165) is 25.7 Å². The van der Waals surface area contributed by atoms with Crippen molar-refractivity contribution < 1.29 is 23.9 Å². The molecule has 1 saturated carbocycles. The molecule has 0 aromatic carbocycles. The molecule has 0 amide bonds. The minimum Gasteiger partial charge on any atom is -0.493 e. The van der Waals surface area contributed by atoms with Crippen molar-refractivity contribution in [1.29, 1.82) is 0 Å². The molecule has 0 N–H and O–H groups in total. The summed E-state index contributed by atoms with van der Waals surface area (Å²) in [5, 5.41) is 0. The molecule has 5 heteroatoms. The molecule has 3 aliphatic carbocycles. The van der Waals surface area contributed by atoms with Crippen molar-refractivity contribution in [3.8, 4) is 0 Å². The lowest BCUT2D eigenvalue weighted by molar-refractivity contribution is -0.149. The summed E-state index contributed by atoms with van der Waals surface area (Å²) in [5.74, 6) is -0.199. The Morgan fingerprint density at radius 2 is 2.00 bits per heavy atom. The molecule has 3 atom stereocenters. The summed E-state index contributed by atoms with van der Waals surface area (Å²) >= 11 is 0. The molecule has 0 aromatic rings. The van der Waals surface area contributed by atoms with Crippen molar-refractivity contribution >= 4 is 17.5 Å². The Balaban J connectivity index is 2.02. The summed E-state index contributed by atoms with van der Waals surface area (Å²) < 4.78 is 10.5. The number of carbonyl (C=O) groups is 3. The second-order valence-corrected chi connectivity index (χ2v) is 8.06. The van der Waals surface area contributed by atoms with Crippen LogP contribution in [0.4, 0.5) is 0 Å². The number of Topliss-reactive ketones (excluding diaryl/α,β-unsaturated/α-hetero) is 1. The fraction of sp³-hybridized carbons (Fsp3) is 0.650. The number of rotatable bonds is 3. The predicted molar refractivity (Wildman–Crippen MR) is 91.6 cm³/mol. The van der Waals surface area contributed by atoms with Gasteiger partial charge in [0.05, 0.1) is 13.7 Å². The highest BCUT2D eigenvalue weighted by Crippen LogP contribution is 2.60. The number of hydrogen-bond donors (Lipinski definition) is 0. The molecule has 0 aliphatic heterocycles. The highest BCUT2D eigenvalue weighted by atomic mass is 16.5. The highest BCUT2D eigenvalue weighted by molar-refractivity contribution is 6.22. The normalized spacial score (nSPS) is 34.9. The van der Waals surface area contributed by atoms with E-state index in [9.17, 15) is 14.4 Å².